The van der Waals surface area contributed by atoms with Crippen LogP contribution in [0.2, 0.25) is 0 Å². The van der Waals surface area contributed by atoms with Crippen molar-refractivity contribution in [1.82, 2.24) is 4.90 Å². The molecule has 1 heterocycles. The molecule has 1 aromatic rings. The summed E-state index contributed by atoms with van der Waals surface area (Å²) in [6, 6.07) is 4.66. The highest BCUT2D eigenvalue weighted by Crippen LogP contribution is 2.27. The Morgan fingerprint density at radius 3 is 2.80 bits per heavy atom. The molecule has 3 unspecified atom stereocenters. The summed E-state index contributed by atoms with van der Waals surface area (Å²) in [6.07, 6.45) is 0.961. The average molecular weight is 281 g/mol. The van der Waals surface area contributed by atoms with Gasteiger partial charge in [-0.3, -0.25) is 10.1 Å². The normalized spacial score (nSPS) is 27.3. The van der Waals surface area contributed by atoms with Gasteiger partial charge >= 0.3 is 5.69 Å². The van der Waals surface area contributed by atoms with Crippen molar-refractivity contribution in [2.45, 2.75) is 32.4 Å². The van der Waals surface area contributed by atoms with E-state index >= 15 is 0 Å². The largest absolute Gasteiger partial charge is 0.382 e. The van der Waals surface area contributed by atoms with Crippen molar-refractivity contribution in [2.75, 3.05) is 18.9 Å². The van der Waals surface area contributed by atoms with E-state index in [-0.39, 0.29) is 6.04 Å². The molecule has 0 amide bonds. The molecule has 1 aliphatic rings. The Kier molecular flexibility index (Phi) is 4.23. The van der Waals surface area contributed by atoms with Crippen molar-refractivity contribution in [3.05, 3.63) is 34.1 Å². The third-order valence-electron chi connectivity index (χ3n) is 4.11. The Morgan fingerprint density at radius 1 is 1.45 bits per heavy atom. The van der Waals surface area contributed by atoms with Crippen LogP contribution >= 0.6 is 0 Å². The fourth-order valence-corrected chi connectivity index (χ4v) is 2.70. The number of anilines is 1. The number of nitrogens with one attached hydrogen (secondary N) is 1. The molecule has 0 spiro atoms. The summed E-state index contributed by atoms with van der Waals surface area (Å²) in [4.78, 5) is 12.4. The number of piperidine rings is 1. The van der Waals surface area contributed by atoms with Crippen molar-refractivity contribution in [2.24, 2.45) is 5.92 Å². The molecule has 2 rings (SSSR count). The molecule has 1 N–H and O–H groups in total. The van der Waals surface area contributed by atoms with Gasteiger partial charge in [0, 0.05) is 30.4 Å². The van der Waals surface area contributed by atoms with Gasteiger partial charge in [-0.15, -0.1) is 0 Å². The smallest absolute Gasteiger partial charge is 0.306 e. The second-order valence-electron chi connectivity index (χ2n) is 5.68. The molecule has 0 saturated carbocycles. The third-order valence-corrected chi connectivity index (χ3v) is 4.11. The number of benzene rings is 1. The van der Waals surface area contributed by atoms with Gasteiger partial charge in [0.05, 0.1) is 4.92 Å². The van der Waals surface area contributed by atoms with Gasteiger partial charge in [-0.2, -0.15) is 4.39 Å². The van der Waals surface area contributed by atoms with Crippen LogP contribution < -0.4 is 5.32 Å². The standard InChI is InChI=1S/C14H20FN3O2/c1-9-8-17(3)10(2)6-13(9)16-11-4-5-12(15)14(7-11)18(19)20/h4-5,7,9-10,13,16H,6,8H2,1-3H3. The molecule has 3 atom stereocenters. The van der Waals surface area contributed by atoms with Gasteiger partial charge in [0.1, 0.15) is 0 Å². The SMILES string of the molecule is CC1CN(C)C(C)CC1Nc1ccc(F)c([N+](=O)[O-])c1. The number of nitrogens with zero attached hydrogens (tertiary/aromatic N) is 2. The van der Waals surface area contributed by atoms with E-state index in [9.17, 15) is 14.5 Å². The van der Waals surface area contributed by atoms with E-state index in [0.717, 1.165) is 19.0 Å². The molecule has 0 radical (unpaired) electrons. The van der Waals surface area contributed by atoms with Crippen LogP contribution in [0, 0.1) is 21.8 Å². The van der Waals surface area contributed by atoms with Crippen LogP contribution in [0.15, 0.2) is 18.2 Å². The Labute approximate surface area is 117 Å². The lowest BCUT2D eigenvalue weighted by Gasteiger charge is -2.40. The lowest BCUT2D eigenvalue weighted by Crippen LogP contribution is -2.48. The van der Waals surface area contributed by atoms with Crippen molar-refractivity contribution >= 4 is 11.4 Å². The maximum absolute atomic E-state index is 13.3. The summed E-state index contributed by atoms with van der Waals surface area (Å²) >= 11 is 0. The first-order valence-electron chi connectivity index (χ1n) is 6.79. The second-order valence-corrected chi connectivity index (χ2v) is 5.68. The number of hydrogen-bond acceptors (Lipinski definition) is 4. The number of hydrogen-bond donors (Lipinski definition) is 1. The maximum atomic E-state index is 13.3. The van der Waals surface area contributed by atoms with E-state index < -0.39 is 16.4 Å². The fraction of sp³-hybridized carbons (Fsp3) is 0.571. The molecule has 1 aliphatic heterocycles. The van der Waals surface area contributed by atoms with E-state index in [4.69, 9.17) is 0 Å². The van der Waals surface area contributed by atoms with E-state index in [1.165, 1.54) is 6.07 Å². The van der Waals surface area contributed by atoms with E-state index in [0.29, 0.717) is 17.6 Å². The highest BCUT2D eigenvalue weighted by atomic mass is 19.1. The zero-order valence-corrected chi connectivity index (χ0v) is 12.0. The second kappa shape index (κ2) is 5.75. The molecular formula is C14H20FN3O2. The van der Waals surface area contributed by atoms with Gasteiger partial charge in [0.15, 0.2) is 0 Å². The first-order valence-corrected chi connectivity index (χ1v) is 6.79. The van der Waals surface area contributed by atoms with Crippen molar-refractivity contribution in [3.8, 4) is 0 Å². The van der Waals surface area contributed by atoms with Gasteiger partial charge in [-0.1, -0.05) is 6.92 Å². The van der Waals surface area contributed by atoms with E-state index in [2.05, 4.69) is 31.1 Å². The van der Waals surface area contributed by atoms with Gasteiger partial charge in [0.25, 0.3) is 0 Å². The topological polar surface area (TPSA) is 58.4 Å². The lowest BCUT2D eigenvalue weighted by molar-refractivity contribution is -0.387. The highest BCUT2D eigenvalue weighted by molar-refractivity contribution is 5.52. The fourth-order valence-electron chi connectivity index (χ4n) is 2.70. The van der Waals surface area contributed by atoms with E-state index in [1.807, 2.05) is 0 Å². The molecule has 110 valence electrons. The number of nitro benzene ring substituents is 1. The van der Waals surface area contributed by atoms with Crippen LogP contribution in [0.25, 0.3) is 0 Å². The predicted octanol–water partition coefficient (Wildman–Crippen LogP) is 2.87. The summed E-state index contributed by atoms with van der Waals surface area (Å²) in [5.41, 5.74) is 0.121. The summed E-state index contributed by atoms with van der Waals surface area (Å²) in [7, 11) is 2.10. The highest BCUT2D eigenvalue weighted by Gasteiger charge is 2.29. The predicted molar refractivity (Wildman–Crippen MR) is 76.3 cm³/mol. The molecule has 1 saturated heterocycles. The monoisotopic (exact) mass is 281 g/mol. The van der Waals surface area contributed by atoms with Crippen LogP contribution in [-0.4, -0.2) is 35.5 Å². The molecule has 1 aromatic carbocycles. The Balaban J connectivity index is 2.14. The Morgan fingerprint density at radius 2 is 2.15 bits per heavy atom. The van der Waals surface area contributed by atoms with Gasteiger partial charge in [0.2, 0.25) is 5.82 Å². The molecule has 5 nitrogen and oxygen atoms in total. The molecular weight excluding hydrogens is 261 g/mol. The number of nitro groups is 1. The maximum Gasteiger partial charge on any atom is 0.306 e. The molecule has 0 bridgehead atoms. The minimum atomic E-state index is -0.801. The lowest BCUT2D eigenvalue weighted by atomic mass is 9.89. The van der Waals surface area contributed by atoms with Crippen LogP contribution in [0.3, 0.4) is 0 Å². The van der Waals surface area contributed by atoms with Crippen LogP contribution in [0.1, 0.15) is 20.3 Å². The molecule has 6 heteroatoms. The first kappa shape index (κ1) is 14.7. The van der Waals surface area contributed by atoms with Crippen LogP contribution in [0.4, 0.5) is 15.8 Å². The zero-order chi connectivity index (χ0) is 14.9. The summed E-state index contributed by atoms with van der Waals surface area (Å²) in [5, 5.41) is 14.1. The number of rotatable bonds is 3. The first-order chi connectivity index (χ1) is 9.38. The molecule has 1 fully saturated rings. The zero-order valence-electron chi connectivity index (χ0n) is 12.0. The van der Waals surface area contributed by atoms with Crippen molar-refractivity contribution in [1.29, 1.82) is 0 Å². The van der Waals surface area contributed by atoms with Crippen LogP contribution in [0.5, 0.6) is 0 Å². The molecule has 0 aliphatic carbocycles. The summed E-state index contributed by atoms with van der Waals surface area (Å²) in [5.74, 6) is -0.370. The molecule has 20 heavy (non-hydrogen) atoms. The van der Waals surface area contributed by atoms with Gasteiger partial charge in [-0.25, -0.2) is 0 Å². The quantitative estimate of drug-likeness (QED) is 0.683. The average Bonchev–Trinajstić information content (AvgIpc) is 2.37. The van der Waals surface area contributed by atoms with Gasteiger partial charge in [-0.05, 0) is 38.4 Å². The number of halogens is 1. The Bertz CT molecular complexity index is 509. The minimum absolute atomic E-state index is 0.242. The van der Waals surface area contributed by atoms with Crippen LogP contribution in [-0.2, 0) is 0 Å². The van der Waals surface area contributed by atoms with Gasteiger partial charge < -0.3 is 10.2 Å². The Hall–Kier alpha value is -1.69. The number of likely N-dealkylation sites (tertiary alicyclic amines) is 1. The minimum Gasteiger partial charge on any atom is -0.382 e. The third kappa shape index (κ3) is 3.07. The summed E-state index contributed by atoms with van der Waals surface area (Å²) in [6.45, 7) is 5.29. The molecule has 0 aromatic heterocycles. The summed E-state index contributed by atoms with van der Waals surface area (Å²) < 4.78 is 13.3. The van der Waals surface area contributed by atoms with E-state index in [1.54, 1.807) is 6.07 Å². The van der Waals surface area contributed by atoms with Crippen molar-refractivity contribution < 1.29 is 9.31 Å². The van der Waals surface area contributed by atoms with Crippen molar-refractivity contribution in [3.63, 3.8) is 0 Å².